The Morgan fingerprint density at radius 1 is 1.10 bits per heavy atom. The maximum Gasteiger partial charge on any atom is 0.246 e. The Kier molecular flexibility index (Phi) is 4.78. The standard InChI is InChI=1S/C23H30N2O5/c26-13-16-3-1-2-10-24(16)21(29)20-14-11-18(19(28)12-14)25(20)22(30)23(8-9-23)15-4-6-17(27)7-5-15/h4-7,14,16,18-20,26-28H,1-3,8-13H2/t14?,16?,18?,19-,20+/m0/s1. The average molecular weight is 415 g/mol. The summed E-state index contributed by atoms with van der Waals surface area (Å²) in [4.78, 5) is 30.9. The number of piperidine rings is 2. The number of benzene rings is 1. The lowest BCUT2D eigenvalue weighted by Crippen LogP contribution is -2.61. The van der Waals surface area contributed by atoms with Crippen molar-refractivity contribution in [3.63, 3.8) is 0 Å². The first kappa shape index (κ1) is 19.8. The second kappa shape index (κ2) is 7.24. The topological polar surface area (TPSA) is 101 Å². The number of carbonyl (C=O) groups is 2. The Labute approximate surface area is 176 Å². The molecule has 2 aliphatic heterocycles. The molecule has 1 aromatic carbocycles. The summed E-state index contributed by atoms with van der Waals surface area (Å²) in [6.07, 6.45) is 4.75. The van der Waals surface area contributed by atoms with E-state index >= 15 is 0 Å². The van der Waals surface area contributed by atoms with Gasteiger partial charge in [-0.3, -0.25) is 9.59 Å². The van der Waals surface area contributed by atoms with Crippen LogP contribution in [0.15, 0.2) is 24.3 Å². The molecule has 2 amide bonds. The second-order valence-electron chi connectivity index (χ2n) is 9.52. The molecule has 2 bridgehead atoms. The summed E-state index contributed by atoms with van der Waals surface area (Å²) in [6, 6.07) is 5.71. The molecule has 3 unspecified atom stereocenters. The molecule has 4 aliphatic rings. The van der Waals surface area contributed by atoms with Crippen LogP contribution < -0.4 is 0 Å². The lowest BCUT2D eigenvalue weighted by atomic mass is 9.89. The zero-order valence-corrected chi connectivity index (χ0v) is 17.1. The molecule has 1 aromatic rings. The Morgan fingerprint density at radius 2 is 1.83 bits per heavy atom. The molecule has 2 saturated carbocycles. The first-order chi connectivity index (χ1) is 14.5. The van der Waals surface area contributed by atoms with Crippen molar-refractivity contribution in [3.05, 3.63) is 29.8 Å². The highest BCUT2D eigenvalue weighted by Crippen LogP contribution is 2.54. The summed E-state index contributed by atoms with van der Waals surface area (Å²) in [5, 5.41) is 29.9. The number of phenolic OH excluding ortho intramolecular Hbond substituents is 1. The third-order valence-corrected chi connectivity index (χ3v) is 7.82. The monoisotopic (exact) mass is 414 g/mol. The lowest BCUT2D eigenvalue weighted by Gasteiger charge is -2.43. The fourth-order valence-electron chi connectivity index (χ4n) is 6.05. The number of phenols is 1. The molecule has 162 valence electrons. The third-order valence-electron chi connectivity index (χ3n) is 7.82. The SMILES string of the molecule is O=C([C@H]1C2CC([C@@H](O)C2)N1C(=O)C1(c2ccc(O)cc2)CC1)N1CCCCC1CO. The van der Waals surface area contributed by atoms with E-state index < -0.39 is 17.6 Å². The van der Waals surface area contributed by atoms with Crippen molar-refractivity contribution in [2.24, 2.45) is 5.92 Å². The highest BCUT2D eigenvalue weighted by Gasteiger charge is 2.62. The van der Waals surface area contributed by atoms with Crippen LogP contribution in [-0.2, 0) is 15.0 Å². The van der Waals surface area contributed by atoms with E-state index in [1.165, 1.54) is 0 Å². The smallest absolute Gasteiger partial charge is 0.246 e. The van der Waals surface area contributed by atoms with Crippen LogP contribution in [0.4, 0.5) is 0 Å². The van der Waals surface area contributed by atoms with E-state index in [-0.39, 0.29) is 42.2 Å². The number of aliphatic hydroxyl groups excluding tert-OH is 2. The number of aliphatic hydroxyl groups is 2. The largest absolute Gasteiger partial charge is 0.508 e. The number of carbonyl (C=O) groups excluding carboxylic acids is 2. The van der Waals surface area contributed by atoms with E-state index in [1.807, 2.05) is 0 Å². The van der Waals surface area contributed by atoms with E-state index in [9.17, 15) is 24.9 Å². The van der Waals surface area contributed by atoms with E-state index in [1.54, 1.807) is 34.1 Å². The van der Waals surface area contributed by atoms with Crippen molar-refractivity contribution in [1.29, 1.82) is 0 Å². The van der Waals surface area contributed by atoms with Crippen molar-refractivity contribution in [2.75, 3.05) is 13.2 Å². The fourth-order valence-corrected chi connectivity index (χ4v) is 6.05. The maximum atomic E-state index is 13.8. The number of fused-ring (bicyclic) bond motifs is 2. The number of nitrogens with zero attached hydrogens (tertiary/aromatic N) is 2. The fraction of sp³-hybridized carbons (Fsp3) is 0.652. The Hall–Kier alpha value is -2.12. The molecule has 5 atom stereocenters. The van der Waals surface area contributed by atoms with E-state index in [2.05, 4.69) is 0 Å². The van der Waals surface area contributed by atoms with Gasteiger partial charge < -0.3 is 25.1 Å². The van der Waals surface area contributed by atoms with Gasteiger partial charge in [0, 0.05) is 6.54 Å². The number of rotatable bonds is 4. The summed E-state index contributed by atoms with van der Waals surface area (Å²) in [5.41, 5.74) is 0.203. The van der Waals surface area contributed by atoms with E-state index in [0.717, 1.165) is 24.8 Å². The molecule has 5 rings (SSSR count). The van der Waals surface area contributed by atoms with Gasteiger partial charge in [-0.05, 0) is 68.6 Å². The number of hydrogen-bond acceptors (Lipinski definition) is 5. The normalized spacial score (nSPS) is 34.3. The van der Waals surface area contributed by atoms with Crippen LogP contribution in [0.2, 0.25) is 0 Å². The summed E-state index contributed by atoms with van der Waals surface area (Å²) in [7, 11) is 0. The van der Waals surface area contributed by atoms with Crippen LogP contribution in [0, 0.1) is 5.92 Å². The van der Waals surface area contributed by atoms with Crippen LogP contribution in [0.25, 0.3) is 0 Å². The third kappa shape index (κ3) is 2.94. The zero-order chi connectivity index (χ0) is 21.0. The Balaban J connectivity index is 1.45. The first-order valence-corrected chi connectivity index (χ1v) is 11.2. The Morgan fingerprint density at radius 3 is 2.50 bits per heavy atom. The van der Waals surface area contributed by atoms with Gasteiger partial charge in [0.1, 0.15) is 11.8 Å². The first-order valence-electron chi connectivity index (χ1n) is 11.2. The minimum Gasteiger partial charge on any atom is -0.508 e. The summed E-state index contributed by atoms with van der Waals surface area (Å²) < 4.78 is 0. The molecule has 7 heteroatoms. The second-order valence-corrected chi connectivity index (χ2v) is 9.52. The van der Waals surface area contributed by atoms with E-state index in [0.29, 0.717) is 32.2 Å². The van der Waals surface area contributed by atoms with Gasteiger partial charge in [-0.2, -0.15) is 0 Å². The van der Waals surface area contributed by atoms with Crippen LogP contribution in [0.3, 0.4) is 0 Å². The summed E-state index contributed by atoms with van der Waals surface area (Å²) >= 11 is 0. The molecular weight excluding hydrogens is 384 g/mol. The van der Waals surface area contributed by atoms with Crippen LogP contribution in [0.1, 0.15) is 50.5 Å². The van der Waals surface area contributed by atoms with Gasteiger partial charge >= 0.3 is 0 Å². The highest BCUT2D eigenvalue weighted by atomic mass is 16.3. The molecule has 0 radical (unpaired) electrons. The van der Waals surface area contributed by atoms with Crippen molar-refractivity contribution in [3.8, 4) is 5.75 Å². The van der Waals surface area contributed by atoms with Gasteiger partial charge in [0.05, 0.1) is 30.2 Å². The lowest BCUT2D eigenvalue weighted by molar-refractivity contribution is -0.155. The number of likely N-dealkylation sites (tertiary alicyclic amines) is 2. The van der Waals surface area contributed by atoms with Crippen molar-refractivity contribution >= 4 is 11.8 Å². The summed E-state index contributed by atoms with van der Waals surface area (Å²) in [5.74, 6) is -0.0115. The van der Waals surface area contributed by atoms with Crippen molar-refractivity contribution < 1.29 is 24.9 Å². The van der Waals surface area contributed by atoms with Crippen LogP contribution in [-0.4, -0.2) is 74.3 Å². The minimum absolute atomic E-state index is 0.0293. The number of amides is 2. The highest BCUT2D eigenvalue weighted by molar-refractivity contribution is 5.96. The predicted octanol–water partition coefficient (Wildman–Crippen LogP) is 1.15. The molecule has 2 aliphatic carbocycles. The summed E-state index contributed by atoms with van der Waals surface area (Å²) in [6.45, 7) is 0.562. The Bertz CT molecular complexity index is 837. The molecule has 0 aromatic heterocycles. The van der Waals surface area contributed by atoms with Gasteiger partial charge in [0.15, 0.2) is 0 Å². The molecular formula is C23H30N2O5. The number of aromatic hydroxyl groups is 1. The van der Waals surface area contributed by atoms with Crippen molar-refractivity contribution in [1.82, 2.24) is 9.80 Å². The van der Waals surface area contributed by atoms with E-state index in [4.69, 9.17) is 0 Å². The molecule has 3 N–H and O–H groups in total. The predicted molar refractivity (Wildman–Crippen MR) is 109 cm³/mol. The van der Waals surface area contributed by atoms with Gasteiger partial charge in [-0.1, -0.05) is 12.1 Å². The van der Waals surface area contributed by atoms with Crippen LogP contribution in [0.5, 0.6) is 5.75 Å². The minimum atomic E-state index is -0.658. The zero-order valence-electron chi connectivity index (χ0n) is 17.1. The molecule has 4 fully saturated rings. The van der Waals surface area contributed by atoms with Crippen molar-refractivity contribution in [2.45, 2.75) is 74.6 Å². The molecule has 2 saturated heterocycles. The molecule has 2 heterocycles. The number of hydrogen-bond donors (Lipinski definition) is 3. The quantitative estimate of drug-likeness (QED) is 0.686. The average Bonchev–Trinajstić information content (AvgIpc) is 3.38. The van der Waals surface area contributed by atoms with Crippen LogP contribution >= 0.6 is 0 Å². The maximum absolute atomic E-state index is 13.8. The van der Waals surface area contributed by atoms with Gasteiger partial charge in [-0.15, -0.1) is 0 Å². The van der Waals surface area contributed by atoms with Gasteiger partial charge in [0.25, 0.3) is 0 Å². The van der Waals surface area contributed by atoms with Gasteiger partial charge in [-0.25, -0.2) is 0 Å². The molecule has 7 nitrogen and oxygen atoms in total. The molecule has 30 heavy (non-hydrogen) atoms. The van der Waals surface area contributed by atoms with Gasteiger partial charge in [0.2, 0.25) is 11.8 Å². The molecule has 0 spiro atoms.